The maximum Gasteiger partial charge on any atom is 0.167 e. The molecule has 1 aliphatic heterocycles. The van der Waals surface area contributed by atoms with E-state index >= 15 is 0 Å². The lowest BCUT2D eigenvalue weighted by atomic mass is 10.0. The van der Waals surface area contributed by atoms with E-state index in [1.54, 1.807) is 16.6 Å². The number of nitrogens with zero attached hydrogens (tertiary/aromatic N) is 3. The summed E-state index contributed by atoms with van der Waals surface area (Å²) in [5.74, 6) is 0. The van der Waals surface area contributed by atoms with E-state index in [1.807, 2.05) is 12.3 Å². The molecule has 3 heterocycles. The van der Waals surface area contributed by atoms with Crippen LogP contribution in [0.1, 0.15) is 5.69 Å². The van der Waals surface area contributed by atoms with Crippen LogP contribution in [-0.2, 0) is 24.3 Å². The lowest BCUT2D eigenvalue weighted by molar-refractivity contribution is 0.366. The lowest BCUT2D eigenvalue weighted by Gasteiger charge is -2.27. The molecule has 120 valence electrons. The molecular weight excluding hydrogens is 357 g/mol. The van der Waals surface area contributed by atoms with Gasteiger partial charge in [0, 0.05) is 41.5 Å². The molecule has 0 bridgehead atoms. The van der Waals surface area contributed by atoms with Crippen LogP contribution >= 0.6 is 23.2 Å². The van der Waals surface area contributed by atoms with E-state index in [4.69, 9.17) is 28.3 Å². The molecule has 0 radical (unpaired) electrons. The summed E-state index contributed by atoms with van der Waals surface area (Å²) in [6, 6.07) is 3.75. The van der Waals surface area contributed by atoms with Gasteiger partial charge in [0.15, 0.2) is 11.2 Å². The average molecular weight is 370 g/mol. The Hall–Kier alpha value is -1.38. The maximum absolute atomic E-state index is 11.7. The summed E-state index contributed by atoms with van der Waals surface area (Å²) >= 11 is 11.2. The molecule has 0 fully saturated rings. The van der Waals surface area contributed by atoms with Gasteiger partial charge in [-0.05, 0) is 6.07 Å². The molecular formula is C14H13Cl2N5OS. The molecule has 1 unspecified atom stereocenters. The van der Waals surface area contributed by atoms with E-state index in [0.717, 1.165) is 27.7 Å². The van der Waals surface area contributed by atoms with E-state index in [1.165, 1.54) is 0 Å². The molecule has 0 spiro atoms. The topological polar surface area (TPSA) is 79.9 Å². The zero-order chi connectivity index (χ0) is 16.1. The third kappa shape index (κ3) is 2.31. The largest absolute Gasteiger partial charge is 0.340 e. The van der Waals surface area contributed by atoms with Gasteiger partial charge in [0.2, 0.25) is 0 Å². The molecule has 1 aromatic carbocycles. The molecule has 3 aromatic rings. The number of benzene rings is 1. The fourth-order valence-corrected chi connectivity index (χ4v) is 4.09. The van der Waals surface area contributed by atoms with Crippen LogP contribution in [0, 0.1) is 0 Å². The first-order valence-corrected chi connectivity index (χ1v) is 8.90. The van der Waals surface area contributed by atoms with E-state index in [2.05, 4.69) is 14.8 Å². The van der Waals surface area contributed by atoms with Gasteiger partial charge < -0.3 is 4.57 Å². The lowest BCUT2D eigenvalue weighted by Crippen LogP contribution is -2.38. The zero-order valence-electron chi connectivity index (χ0n) is 11.9. The molecule has 2 aromatic heterocycles. The summed E-state index contributed by atoms with van der Waals surface area (Å²) in [5.41, 5.74) is 3.87. The molecule has 4 rings (SSSR count). The number of nitrogens with two attached hydrogens (primary N) is 1. The van der Waals surface area contributed by atoms with Crippen molar-refractivity contribution >= 4 is 45.3 Å². The van der Waals surface area contributed by atoms with Crippen LogP contribution in [0.25, 0.3) is 22.0 Å². The van der Waals surface area contributed by atoms with Gasteiger partial charge >= 0.3 is 0 Å². The monoisotopic (exact) mass is 369 g/mol. The predicted molar refractivity (Wildman–Crippen MR) is 92.3 cm³/mol. The fourth-order valence-electron chi connectivity index (χ4n) is 3.16. The zero-order valence-corrected chi connectivity index (χ0v) is 14.3. The van der Waals surface area contributed by atoms with Crippen molar-refractivity contribution in [2.45, 2.75) is 13.1 Å². The van der Waals surface area contributed by atoms with Crippen molar-refractivity contribution in [3.63, 3.8) is 0 Å². The van der Waals surface area contributed by atoms with E-state index in [9.17, 15) is 4.21 Å². The Morgan fingerprint density at radius 2 is 2.13 bits per heavy atom. The highest BCUT2D eigenvalue weighted by molar-refractivity contribution is 7.80. The number of aromatic nitrogens is 3. The summed E-state index contributed by atoms with van der Waals surface area (Å²) in [5, 5.41) is 14.5. The highest BCUT2D eigenvalue weighted by atomic mass is 35.5. The number of aromatic amines is 1. The third-order valence-electron chi connectivity index (χ3n) is 4.16. The first kappa shape index (κ1) is 15.2. The molecule has 9 heteroatoms. The van der Waals surface area contributed by atoms with E-state index < -0.39 is 11.2 Å². The van der Waals surface area contributed by atoms with Crippen molar-refractivity contribution in [3.05, 3.63) is 40.3 Å². The van der Waals surface area contributed by atoms with Gasteiger partial charge in [-0.3, -0.25) is 5.10 Å². The number of halogens is 2. The van der Waals surface area contributed by atoms with Crippen molar-refractivity contribution < 1.29 is 4.21 Å². The number of rotatable bonds is 2. The number of H-pyrrole nitrogens is 1. The molecule has 23 heavy (non-hydrogen) atoms. The SMILES string of the molecule is NS(=O)N1CCn2c(c(-c3cn[nH]c3)c3ccc(Cl)c(Cl)c32)C1. The van der Waals surface area contributed by atoms with E-state index in [0.29, 0.717) is 29.7 Å². The van der Waals surface area contributed by atoms with Crippen LogP contribution in [0.4, 0.5) is 0 Å². The normalized spacial score (nSPS) is 16.7. The summed E-state index contributed by atoms with van der Waals surface area (Å²) in [6.07, 6.45) is 3.59. The number of hydrogen-bond acceptors (Lipinski definition) is 2. The second kappa shape index (κ2) is 5.61. The Bertz CT molecular complexity index is 921. The van der Waals surface area contributed by atoms with Crippen LogP contribution in [0.5, 0.6) is 0 Å². The Morgan fingerprint density at radius 3 is 2.83 bits per heavy atom. The van der Waals surface area contributed by atoms with Crippen LogP contribution < -0.4 is 5.14 Å². The minimum Gasteiger partial charge on any atom is -0.340 e. The van der Waals surface area contributed by atoms with Gasteiger partial charge in [-0.2, -0.15) is 5.10 Å². The minimum atomic E-state index is -1.51. The van der Waals surface area contributed by atoms with Gasteiger partial charge in [0.25, 0.3) is 0 Å². The number of fused-ring (bicyclic) bond motifs is 3. The summed E-state index contributed by atoms with van der Waals surface area (Å²) in [7, 11) is 0. The smallest absolute Gasteiger partial charge is 0.167 e. The van der Waals surface area contributed by atoms with Crippen molar-refractivity contribution in [3.8, 4) is 11.1 Å². The second-order valence-electron chi connectivity index (χ2n) is 5.36. The summed E-state index contributed by atoms with van der Waals surface area (Å²) < 4.78 is 15.5. The van der Waals surface area contributed by atoms with Crippen molar-refractivity contribution in [1.82, 2.24) is 19.1 Å². The molecule has 1 atom stereocenters. The van der Waals surface area contributed by atoms with Gasteiger partial charge in [-0.1, -0.05) is 29.3 Å². The predicted octanol–water partition coefficient (Wildman–Crippen LogP) is 2.69. The van der Waals surface area contributed by atoms with Gasteiger partial charge in [0.1, 0.15) is 0 Å². The Kier molecular flexibility index (Phi) is 3.70. The number of hydrogen-bond donors (Lipinski definition) is 2. The number of nitrogens with one attached hydrogen (secondary N) is 1. The van der Waals surface area contributed by atoms with Crippen molar-refractivity contribution in [2.75, 3.05) is 6.54 Å². The van der Waals surface area contributed by atoms with Crippen LogP contribution in [0.3, 0.4) is 0 Å². The molecule has 3 N–H and O–H groups in total. The molecule has 0 aliphatic carbocycles. The van der Waals surface area contributed by atoms with Gasteiger partial charge in [0.05, 0.1) is 28.3 Å². The third-order valence-corrected chi connectivity index (χ3v) is 5.78. The summed E-state index contributed by atoms with van der Waals surface area (Å²) in [6.45, 7) is 1.71. The van der Waals surface area contributed by atoms with Gasteiger partial charge in [-0.25, -0.2) is 13.7 Å². The van der Waals surface area contributed by atoms with E-state index in [-0.39, 0.29) is 0 Å². The molecule has 6 nitrogen and oxygen atoms in total. The minimum absolute atomic E-state index is 0.478. The summed E-state index contributed by atoms with van der Waals surface area (Å²) in [4.78, 5) is 0. The molecule has 0 saturated heterocycles. The highest BCUT2D eigenvalue weighted by Crippen LogP contribution is 2.41. The fraction of sp³-hybridized carbons (Fsp3) is 0.214. The Morgan fingerprint density at radius 1 is 1.30 bits per heavy atom. The maximum atomic E-state index is 11.7. The van der Waals surface area contributed by atoms with Crippen molar-refractivity contribution in [2.24, 2.45) is 5.14 Å². The first-order valence-electron chi connectivity index (χ1n) is 6.97. The standard InChI is InChI=1S/C14H13Cl2N5OS/c15-10-2-1-9-12(8-5-18-19-6-8)11-7-20(23(17)22)3-4-21(11)14(9)13(10)16/h1-2,5-6H,3-4,7,17H2,(H,18,19). The van der Waals surface area contributed by atoms with Crippen LogP contribution in [-0.4, -0.2) is 29.8 Å². The highest BCUT2D eigenvalue weighted by Gasteiger charge is 2.28. The molecule has 0 amide bonds. The first-order chi connectivity index (χ1) is 11.1. The molecule has 1 aliphatic rings. The Balaban J connectivity index is 2.05. The Labute approximate surface area is 144 Å². The van der Waals surface area contributed by atoms with Crippen molar-refractivity contribution in [1.29, 1.82) is 0 Å². The second-order valence-corrected chi connectivity index (χ2v) is 7.21. The average Bonchev–Trinajstić information content (AvgIpc) is 3.15. The van der Waals surface area contributed by atoms with Crippen LogP contribution in [0.2, 0.25) is 10.0 Å². The van der Waals surface area contributed by atoms with Crippen LogP contribution in [0.15, 0.2) is 24.5 Å². The van der Waals surface area contributed by atoms with Gasteiger partial charge in [-0.15, -0.1) is 0 Å². The molecule has 0 saturated carbocycles. The quantitative estimate of drug-likeness (QED) is 0.727.